The lowest BCUT2D eigenvalue weighted by atomic mass is 9.98. The van der Waals surface area contributed by atoms with Gasteiger partial charge in [0, 0.05) is 24.0 Å². The Morgan fingerprint density at radius 1 is 0.903 bits per heavy atom. The minimum atomic E-state index is -0.453. The summed E-state index contributed by atoms with van der Waals surface area (Å²) in [6.07, 6.45) is 1.42. The van der Waals surface area contributed by atoms with Crippen LogP contribution < -0.4 is 16.9 Å². The molecule has 0 fully saturated rings. The summed E-state index contributed by atoms with van der Waals surface area (Å²) in [6, 6.07) is 17.7. The Hall–Kier alpha value is -3.85. The fourth-order valence-corrected chi connectivity index (χ4v) is 4.26. The van der Waals surface area contributed by atoms with Gasteiger partial charge in [-0.3, -0.25) is 14.2 Å². The average Bonchev–Trinajstić information content (AvgIpc) is 2.78. The van der Waals surface area contributed by atoms with Crippen LogP contribution in [0.4, 0.5) is 5.82 Å². The van der Waals surface area contributed by atoms with Crippen molar-refractivity contribution in [2.75, 3.05) is 5.73 Å². The minimum Gasteiger partial charge on any atom is -0.384 e. The van der Waals surface area contributed by atoms with Crippen molar-refractivity contribution in [2.45, 2.75) is 39.8 Å². The smallest absolute Gasteiger partial charge is 0.270 e. The normalized spacial score (nSPS) is 11.1. The highest BCUT2D eigenvalue weighted by Gasteiger charge is 2.21. The molecule has 0 aliphatic heterocycles. The number of aromatic nitrogens is 2. The number of nitrogen functional groups attached to an aromatic ring is 1. The predicted octanol–water partition coefficient (Wildman–Crippen LogP) is 4.26. The van der Waals surface area contributed by atoms with Crippen LogP contribution in [0.5, 0.6) is 0 Å². The molecule has 6 heteroatoms. The molecule has 0 aliphatic carbocycles. The monoisotopic (exact) mass is 412 g/mol. The third kappa shape index (κ3) is 3.19. The molecule has 0 radical (unpaired) electrons. The lowest BCUT2D eigenvalue weighted by molar-refractivity contribution is 0.656. The molecule has 4 rings (SSSR count). The van der Waals surface area contributed by atoms with Crippen molar-refractivity contribution < 1.29 is 0 Å². The number of rotatable bonds is 5. The molecule has 0 amide bonds. The molecule has 2 heterocycles. The van der Waals surface area contributed by atoms with E-state index in [-0.39, 0.29) is 22.3 Å². The van der Waals surface area contributed by atoms with Gasteiger partial charge in [-0.05, 0) is 29.7 Å². The number of anilines is 1. The number of hydrogen-bond acceptors (Lipinski definition) is 4. The fraction of sp³-hybridized carbons (Fsp3) is 0.240. The molecule has 156 valence electrons. The van der Waals surface area contributed by atoms with Crippen LogP contribution in [-0.4, -0.2) is 9.13 Å². The van der Waals surface area contributed by atoms with Gasteiger partial charge in [0.15, 0.2) is 0 Å². The van der Waals surface area contributed by atoms with Crippen molar-refractivity contribution in [3.8, 4) is 17.3 Å². The summed E-state index contributed by atoms with van der Waals surface area (Å²) in [7, 11) is 0. The van der Waals surface area contributed by atoms with Gasteiger partial charge >= 0.3 is 0 Å². The second kappa shape index (κ2) is 8.11. The van der Waals surface area contributed by atoms with Gasteiger partial charge in [-0.25, -0.2) is 0 Å². The topological polar surface area (TPSA) is 93.8 Å². The maximum Gasteiger partial charge on any atom is 0.270 e. The Bertz CT molecular complexity index is 1470. The number of nitrogens with zero attached hydrogens (tertiary/aromatic N) is 3. The van der Waals surface area contributed by atoms with Gasteiger partial charge in [-0.15, -0.1) is 0 Å². The summed E-state index contributed by atoms with van der Waals surface area (Å²) in [5.74, 6) is 0.125. The van der Waals surface area contributed by atoms with Crippen LogP contribution in [0.2, 0.25) is 0 Å². The molecule has 0 atom stereocenters. The van der Waals surface area contributed by atoms with Crippen molar-refractivity contribution >= 4 is 27.4 Å². The zero-order chi connectivity index (χ0) is 22.1. The van der Waals surface area contributed by atoms with Crippen LogP contribution in [0.1, 0.15) is 32.3 Å². The number of nitriles is 1. The number of pyridine rings is 2. The second-order valence-corrected chi connectivity index (χ2v) is 7.63. The third-order valence-electron chi connectivity index (χ3n) is 5.65. The summed E-state index contributed by atoms with van der Waals surface area (Å²) in [4.78, 5) is 26.6. The van der Waals surface area contributed by atoms with Crippen molar-refractivity contribution in [2.24, 2.45) is 0 Å². The summed E-state index contributed by atoms with van der Waals surface area (Å²) in [5.41, 5.74) is 7.10. The van der Waals surface area contributed by atoms with E-state index in [1.165, 1.54) is 4.57 Å². The van der Waals surface area contributed by atoms with E-state index in [4.69, 9.17) is 5.73 Å². The van der Waals surface area contributed by atoms with Gasteiger partial charge in [-0.2, -0.15) is 5.26 Å². The fourth-order valence-electron chi connectivity index (χ4n) is 4.26. The lowest BCUT2D eigenvalue weighted by Gasteiger charge is -2.18. The molecule has 4 aromatic rings. The SMILES string of the molecule is CCCn1c(N)c2c(=O)n(CCC)c(-c3cccc4ccccc34)cc2c(C#N)c1=O. The van der Waals surface area contributed by atoms with Crippen LogP contribution in [0.15, 0.2) is 58.1 Å². The maximum absolute atomic E-state index is 13.7. The Kier molecular flexibility index (Phi) is 5.35. The molecule has 0 unspecified atom stereocenters. The van der Waals surface area contributed by atoms with E-state index >= 15 is 0 Å². The standard InChI is InChI=1S/C25H24N4O2/c1-3-12-28-21(18-11-7-9-16-8-5-6-10-17(16)18)14-19-20(15-26)24(30)29(13-4-2)23(27)22(19)25(28)31/h5-11,14H,3-4,12-13,27H2,1-2H3. The number of hydrogen-bond donors (Lipinski definition) is 1. The van der Waals surface area contributed by atoms with Crippen molar-refractivity contribution in [1.29, 1.82) is 5.26 Å². The largest absolute Gasteiger partial charge is 0.384 e. The molecular weight excluding hydrogens is 388 g/mol. The summed E-state index contributed by atoms with van der Waals surface area (Å²) >= 11 is 0. The Labute approximate surface area is 179 Å². The summed E-state index contributed by atoms with van der Waals surface area (Å²) in [6.45, 7) is 4.78. The van der Waals surface area contributed by atoms with E-state index in [1.54, 1.807) is 10.6 Å². The highest BCUT2D eigenvalue weighted by Crippen LogP contribution is 2.31. The van der Waals surface area contributed by atoms with E-state index in [0.29, 0.717) is 30.6 Å². The second-order valence-electron chi connectivity index (χ2n) is 7.63. The van der Waals surface area contributed by atoms with E-state index in [0.717, 1.165) is 22.8 Å². The number of nitrogens with two attached hydrogens (primary N) is 1. The molecule has 6 nitrogen and oxygen atoms in total. The molecule has 2 aromatic carbocycles. The van der Waals surface area contributed by atoms with Crippen molar-refractivity contribution in [1.82, 2.24) is 9.13 Å². The summed E-state index contributed by atoms with van der Waals surface area (Å²) in [5, 5.41) is 12.4. The maximum atomic E-state index is 13.7. The molecule has 31 heavy (non-hydrogen) atoms. The van der Waals surface area contributed by atoms with Gasteiger partial charge in [0.25, 0.3) is 11.1 Å². The molecule has 0 spiro atoms. The molecular formula is C25H24N4O2. The molecule has 2 aromatic heterocycles. The highest BCUT2D eigenvalue weighted by atomic mass is 16.1. The first-order valence-corrected chi connectivity index (χ1v) is 10.5. The third-order valence-corrected chi connectivity index (χ3v) is 5.65. The predicted molar refractivity (Wildman–Crippen MR) is 125 cm³/mol. The highest BCUT2D eigenvalue weighted by molar-refractivity contribution is 6.00. The van der Waals surface area contributed by atoms with E-state index in [9.17, 15) is 14.9 Å². The zero-order valence-corrected chi connectivity index (χ0v) is 17.7. The van der Waals surface area contributed by atoms with Gasteiger partial charge in [-0.1, -0.05) is 56.3 Å². The molecule has 0 saturated carbocycles. The van der Waals surface area contributed by atoms with E-state index in [2.05, 4.69) is 0 Å². The van der Waals surface area contributed by atoms with Crippen molar-refractivity contribution in [3.05, 3.63) is 74.8 Å². The van der Waals surface area contributed by atoms with Crippen molar-refractivity contribution in [3.63, 3.8) is 0 Å². The van der Waals surface area contributed by atoms with Gasteiger partial charge in [0.1, 0.15) is 17.5 Å². The zero-order valence-electron chi connectivity index (χ0n) is 17.7. The first kappa shape index (κ1) is 20.4. The van der Waals surface area contributed by atoms with E-state index in [1.807, 2.05) is 62.4 Å². The Morgan fingerprint density at radius 2 is 1.58 bits per heavy atom. The van der Waals surface area contributed by atoms with E-state index < -0.39 is 5.56 Å². The molecule has 0 aliphatic rings. The first-order valence-electron chi connectivity index (χ1n) is 10.5. The van der Waals surface area contributed by atoms with Crippen LogP contribution in [0, 0.1) is 11.3 Å². The summed E-state index contributed by atoms with van der Waals surface area (Å²) < 4.78 is 3.05. The van der Waals surface area contributed by atoms with Crippen LogP contribution in [0.25, 0.3) is 32.8 Å². The van der Waals surface area contributed by atoms with Crippen LogP contribution >= 0.6 is 0 Å². The van der Waals surface area contributed by atoms with Crippen LogP contribution in [0.3, 0.4) is 0 Å². The Balaban J connectivity index is 2.21. The lowest BCUT2D eigenvalue weighted by Crippen LogP contribution is -2.30. The first-order chi connectivity index (χ1) is 15.0. The van der Waals surface area contributed by atoms with Gasteiger partial charge in [0.05, 0.1) is 11.1 Å². The number of fused-ring (bicyclic) bond motifs is 2. The van der Waals surface area contributed by atoms with Gasteiger partial charge in [0.2, 0.25) is 0 Å². The molecule has 0 bridgehead atoms. The van der Waals surface area contributed by atoms with Gasteiger partial charge < -0.3 is 10.3 Å². The Morgan fingerprint density at radius 3 is 2.29 bits per heavy atom. The quantitative estimate of drug-likeness (QED) is 0.530. The minimum absolute atomic E-state index is 0.0418. The number of benzene rings is 2. The molecule has 0 saturated heterocycles. The average molecular weight is 412 g/mol. The molecule has 2 N–H and O–H groups in total. The van der Waals surface area contributed by atoms with Crippen LogP contribution in [-0.2, 0) is 13.1 Å².